The van der Waals surface area contributed by atoms with Crippen LogP contribution >= 0.6 is 0 Å². The van der Waals surface area contributed by atoms with Crippen LogP contribution in [0.15, 0.2) is 35.5 Å². The van der Waals surface area contributed by atoms with Gasteiger partial charge in [-0.25, -0.2) is 22.3 Å². The molecule has 1 aromatic carbocycles. The van der Waals surface area contributed by atoms with Crippen LogP contribution in [0.25, 0.3) is 10.8 Å². The van der Waals surface area contributed by atoms with Gasteiger partial charge in [-0.1, -0.05) is 12.1 Å². The zero-order valence-electron chi connectivity index (χ0n) is 18.3. The molecule has 31 heavy (non-hydrogen) atoms. The molecule has 2 aromatic rings. The highest BCUT2D eigenvalue weighted by Gasteiger charge is 2.26. The van der Waals surface area contributed by atoms with Crippen LogP contribution in [0.4, 0.5) is 9.18 Å². The maximum Gasteiger partial charge on any atom is 0.410 e. The number of nitrogens with zero attached hydrogens (tertiary/aromatic N) is 2. The Kier molecular flexibility index (Phi) is 8.33. The van der Waals surface area contributed by atoms with Crippen molar-refractivity contribution < 1.29 is 27.4 Å². The fraction of sp³-hybridized carbons (Fsp3) is 0.524. The summed E-state index contributed by atoms with van der Waals surface area (Å²) in [6.07, 6.45) is 2.83. The molecule has 10 heteroatoms. The molecule has 0 aliphatic carbocycles. The van der Waals surface area contributed by atoms with Gasteiger partial charge in [-0.05, 0) is 46.6 Å². The SMILES string of the molecule is C[C@@H](CN(CCCCO)C(=O)OC(C)(C)C)NS(=O)(=O)c1cccc2cncc(F)c12. The number of halogens is 1. The van der Waals surface area contributed by atoms with E-state index in [9.17, 15) is 17.6 Å². The van der Waals surface area contributed by atoms with Gasteiger partial charge in [0.1, 0.15) is 5.60 Å². The second kappa shape index (κ2) is 10.3. The topological polar surface area (TPSA) is 109 Å². The average Bonchev–Trinajstić information content (AvgIpc) is 2.65. The maximum absolute atomic E-state index is 14.3. The Balaban J connectivity index is 2.21. The molecule has 0 aliphatic heterocycles. The number of carbonyl (C=O) groups is 1. The van der Waals surface area contributed by atoms with Crippen LogP contribution < -0.4 is 4.72 Å². The zero-order chi connectivity index (χ0) is 23.2. The quantitative estimate of drug-likeness (QED) is 0.563. The van der Waals surface area contributed by atoms with Gasteiger partial charge in [-0.2, -0.15) is 0 Å². The lowest BCUT2D eigenvalue weighted by atomic mass is 10.2. The van der Waals surface area contributed by atoms with E-state index in [4.69, 9.17) is 9.84 Å². The number of nitrogens with one attached hydrogen (secondary N) is 1. The third-order valence-electron chi connectivity index (χ3n) is 4.33. The monoisotopic (exact) mass is 455 g/mol. The van der Waals surface area contributed by atoms with Crippen LogP contribution in [0, 0.1) is 5.82 Å². The Bertz CT molecular complexity index is 1000. The number of amides is 1. The number of carbonyl (C=O) groups excluding carboxylic acids is 1. The second-order valence-corrected chi connectivity index (χ2v) is 10.0. The molecule has 0 spiro atoms. The summed E-state index contributed by atoms with van der Waals surface area (Å²) in [6.45, 7) is 7.19. The summed E-state index contributed by atoms with van der Waals surface area (Å²) < 4.78 is 48.2. The molecule has 0 fully saturated rings. The Labute approximate surface area is 182 Å². The number of fused-ring (bicyclic) bond motifs is 1. The number of aliphatic hydroxyl groups is 1. The summed E-state index contributed by atoms with van der Waals surface area (Å²) in [7, 11) is -4.08. The number of aromatic nitrogens is 1. The van der Waals surface area contributed by atoms with Gasteiger partial charge in [-0.15, -0.1) is 0 Å². The minimum absolute atomic E-state index is 0.00809. The van der Waals surface area contributed by atoms with Crippen molar-refractivity contribution in [1.29, 1.82) is 0 Å². The van der Waals surface area contributed by atoms with Gasteiger partial charge in [-0.3, -0.25) is 4.98 Å². The number of ether oxygens (including phenoxy) is 1. The van der Waals surface area contributed by atoms with Crippen molar-refractivity contribution in [2.75, 3.05) is 19.7 Å². The molecule has 172 valence electrons. The molecule has 0 radical (unpaired) electrons. The highest BCUT2D eigenvalue weighted by atomic mass is 32.2. The minimum atomic E-state index is -4.08. The first-order valence-electron chi connectivity index (χ1n) is 10.1. The summed E-state index contributed by atoms with van der Waals surface area (Å²) >= 11 is 0. The number of hydrogen-bond acceptors (Lipinski definition) is 6. The second-order valence-electron chi connectivity index (χ2n) is 8.35. The van der Waals surface area contributed by atoms with Gasteiger partial charge in [0.2, 0.25) is 10.0 Å². The van der Waals surface area contributed by atoms with Crippen molar-refractivity contribution in [3.8, 4) is 0 Å². The average molecular weight is 456 g/mol. The Hall–Kier alpha value is -2.30. The van der Waals surface area contributed by atoms with E-state index in [1.165, 1.54) is 23.2 Å². The fourth-order valence-corrected chi connectivity index (χ4v) is 4.55. The van der Waals surface area contributed by atoms with Crippen molar-refractivity contribution in [3.63, 3.8) is 0 Å². The molecule has 1 aromatic heterocycles. The first-order chi connectivity index (χ1) is 14.4. The first kappa shape index (κ1) is 25.0. The van der Waals surface area contributed by atoms with Crippen molar-refractivity contribution in [2.24, 2.45) is 0 Å². The molecule has 2 N–H and O–H groups in total. The number of rotatable bonds is 9. The number of aliphatic hydroxyl groups excluding tert-OH is 1. The lowest BCUT2D eigenvalue weighted by molar-refractivity contribution is 0.0233. The third-order valence-corrected chi connectivity index (χ3v) is 5.96. The van der Waals surface area contributed by atoms with E-state index >= 15 is 0 Å². The molecule has 2 rings (SSSR count). The van der Waals surface area contributed by atoms with Gasteiger partial charge in [0.15, 0.2) is 5.82 Å². The molecule has 0 bridgehead atoms. The summed E-state index contributed by atoms with van der Waals surface area (Å²) in [5.41, 5.74) is -0.705. The van der Waals surface area contributed by atoms with Gasteiger partial charge >= 0.3 is 6.09 Å². The van der Waals surface area contributed by atoms with Crippen LogP contribution in [0.1, 0.15) is 40.5 Å². The molecule has 1 atom stereocenters. The number of benzene rings is 1. The summed E-state index contributed by atoms with van der Waals surface area (Å²) in [4.78, 5) is 17.5. The Morgan fingerprint density at radius 3 is 2.65 bits per heavy atom. The molecular formula is C21H30FN3O5S. The number of sulfonamides is 1. The van der Waals surface area contributed by atoms with E-state index in [-0.39, 0.29) is 23.4 Å². The van der Waals surface area contributed by atoms with Crippen molar-refractivity contribution >= 4 is 26.9 Å². The molecule has 0 saturated heterocycles. The van der Waals surface area contributed by atoms with E-state index in [1.807, 2.05) is 0 Å². The number of hydrogen-bond donors (Lipinski definition) is 2. The highest BCUT2D eigenvalue weighted by molar-refractivity contribution is 7.89. The zero-order valence-corrected chi connectivity index (χ0v) is 19.1. The first-order valence-corrected chi connectivity index (χ1v) is 11.6. The Morgan fingerprint density at radius 2 is 2.00 bits per heavy atom. The van der Waals surface area contributed by atoms with E-state index in [1.54, 1.807) is 33.8 Å². The van der Waals surface area contributed by atoms with E-state index in [2.05, 4.69) is 9.71 Å². The molecular weight excluding hydrogens is 425 g/mol. The van der Waals surface area contributed by atoms with Gasteiger partial charge < -0.3 is 14.7 Å². The maximum atomic E-state index is 14.3. The van der Waals surface area contributed by atoms with Crippen LogP contribution in [-0.2, 0) is 14.8 Å². The van der Waals surface area contributed by atoms with Crippen LogP contribution in [0.3, 0.4) is 0 Å². The van der Waals surface area contributed by atoms with Gasteiger partial charge in [0, 0.05) is 42.7 Å². The highest BCUT2D eigenvalue weighted by Crippen LogP contribution is 2.25. The van der Waals surface area contributed by atoms with Crippen LogP contribution in [-0.4, -0.2) is 60.8 Å². The smallest absolute Gasteiger partial charge is 0.410 e. The van der Waals surface area contributed by atoms with Crippen LogP contribution in [0.5, 0.6) is 0 Å². The normalized spacial score (nSPS) is 13.2. The third kappa shape index (κ3) is 7.12. The lowest BCUT2D eigenvalue weighted by Crippen LogP contribution is -2.46. The largest absolute Gasteiger partial charge is 0.444 e. The van der Waals surface area contributed by atoms with E-state index in [0.29, 0.717) is 24.8 Å². The van der Waals surface area contributed by atoms with Gasteiger partial charge in [0.25, 0.3) is 0 Å². The minimum Gasteiger partial charge on any atom is -0.444 e. The molecule has 0 saturated carbocycles. The van der Waals surface area contributed by atoms with Crippen LogP contribution in [0.2, 0.25) is 0 Å². The van der Waals surface area contributed by atoms with E-state index in [0.717, 1.165) is 6.20 Å². The predicted molar refractivity (Wildman–Crippen MR) is 116 cm³/mol. The molecule has 0 aliphatic rings. The fourth-order valence-electron chi connectivity index (χ4n) is 3.08. The van der Waals surface area contributed by atoms with Gasteiger partial charge in [0.05, 0.1) is 11.1 Å². The molecule has 8 nitrogen and oxygen atoms in total. The number of pyridine rings is 1. The lowest BCUT2D eigenvalue weighted by Gasteiger charge is -2.29. The number of unbranched alkanes of at least 4 members (excludes halogenated alkanes) is 1. The molecule has 1 heterocycles. The summed E-state index contributed by atoms with van der Waals surface area (Å²) in [6, 6.07) is 3.75. The summed E-state index contributed by atoms with van der Waals surface area (Å²) in [5, 5.41) is 9.34. The van der Waals surface area contributed by atoms with Crippen molar-refractivity contribution in [1.82, 2.24) is 14.6 Å². The predicted octanol–water partition coefficient (Wildman–Crippen LogP) is 3.05. The molecule has 0 unspecified atom stereocenters. The Morgan fingerprint density at radius 1 is 1.29 bits per heavy atom. The van der Waals surface area contributed by atoms with Crippen molar-refractivity contribution in [3.05, 3.63) is 36.4 Å². The standard InChI is InChI=1S/C21H30FN3O5S/c1-15(14-25(10-5-6-11-26)20(27)30-21(2,3)4)24-31(28,29)18-9-7-8-16-12-23-13-17(22)19(16)18/h7-9,12-13,15,24,26H,5-6,10-11,14H2,1-4H3/t15-/m0/s1. The summed E-state index contributed by atoms with van der Waals surface area (Å²) in [5.74, 6) is -0.731. The van der Waals surface area contributed by atoms with Crippen molar-refractivity contribution in [2.45, 2.75) is 57.1 Å². The van der Waals surface area contributed by atoms with E-state index < -0.39 is 33.6 Å². The molecule has 1 amide bonds.